The first-order chi connectivity index (χ1) is 16.6. The van der Waals surface area contributed by atoms with Gasteiger partial charge in [0.05, 0.1) is 11.7 Å². The minimum atomic E-state index is -0.730. The molecule has 9 heteroatoms. The molecule has 0 bridgehead atoms. The zero-order valence-corrected chi connectivity index (χ0v) is 18.5. The van der Waals surface area contributed by atoms with Crippen LogP contribution in [0.1, 0.15) is 34.3 Å². The lowest BCUT2D eigenvalue weighted by Gasteiger charge is -2.19. The zero-order chi connectivity index (χ0) is 23.5. The average Bonchev–Trinajstić information content (AvgIpc) is 3.52. The van der Waals surface area contributed by atoms with Crippen LogP contribution in [0, 0.1) is 11.6 Å². The van der Waals surface area contributed by atoms with Crippen LogP contribution < -0.4 is 15.0 Å². The summed E-state index contributed by atoms with van der Waals surface area (Å²) in [6, 6.07) is 11.5. The fourth-order valence-electron chi connectivity index (χ4n) is 4.22. The molecule has 1 amide bonds. The highest BCUT2D eigenvalue weighted by Crippen LogP contribution is 2.33. The molecule has 0 spiro atoms. The summed E-state index contributed by atoms with van der Waals surface area (Å²) in [6.45, 7) is 1.28. The number of halogens is 2. The van der Waals surface area contributed by atoms with Crippen LogP contribution in [0.4, 0.5) is 20.4 Å². The Bertz CT molecular complexity index is 1180. The molecule has 2 aromatic carbocycles. The number of carbonyl (C=O) groups is 1. The number of fused-ring (bicyclic) bond motifs is 1. The van der Waals surface area contributed by atoms with E-state index >= 15 is 0 Å². The van der Waals surface area contributed by atoms with Gasteiger partial charge < -0.3 is 19.7 Å². The standard InChI is InChI=1S/C25H24F2N4O3/c26-20-7-3-8-21(27)19(20)15-34-24-18(23(32)28-13-17-6-4-12-33-17)14-29-25(30-24)31-11-10-16-5-1-2-9-22(16)31/h1-3,5,7-9,14,17H,4,6,10-13,15H2,(H,28,32). The first-order valence-corrected chi connectivity index (χ1v) is 11.3. The smallest absolute Gasteiger partial charge is 0.258 e. The summed E-state index contributed by atoms with van der Waals surface area (Å²) >= 11 is 0. The molecule has 1 unspecified atom stereocenters. The molecule has 5 rings (SSSR count). The topological polar surface area (TPSA) is 76.6 Å². The van der Waals surface area contributed by atoms with Gasteiger partial charge in [-0.1, -0.05) is 24.3 Å². The third kappa shape index (κ3) is 4.56. The molecule has 1 fully saturated rings. The Kier molecular flexibility index (Phi) is 6.35. The zero-order valence-electron chi connectivity index (χ0n) is 18.5. The monoisotopic (exact) mass is 466 g/mol. The van der Waals surface area contributed by atoms with Crippen LogP contribution in [0.5, 0.6) is 5.88 Å². The van der Waals surface area contributed by atoms with Crippen molar-refractivity contribution < 1.29 is 23.0 Å². The fraction of sp³-hybridized carbons (Fsp3) is 0.320. The van der Waals surface area contributed by atoms with Gasteiger partial charge in [0.1, 0.15) is 23.8 Å². The van der Waals surface area contributed by atoms with Crippen LogP contribution in [-0.2, 0) is 17.8 Å². The Balaban J connectivity index is 1.42. The van der Waals surface area contributed by atoms with E-state index < -0.39 is 24.1 Å². The van der Waals surface area contributed by atoms with E-state index in [-0.39, 0.29) is 23.1 Å². The van der Waals surface area contributed by atoms with Gasteiger partial charge in [0, 0.05) is 31.6 Å². The minimum absolute atomic E-state index is 0.0397. The molecule has 1 aromatic heterocycles. The second kappa shape index (κ2) is 9.72. The molecule has 1 saturated heterocycles. The maximum absolute atomic E-state index is 14.1. The highest BCUT2D eigenvalue weighted by molar-refractivity contribution is 5.96. The van der Waals surface area contributed by atoms with Crippen LogP contribution in [0.25, 0.3) is 0 Å². The van der Waals surface area contributed by atoms with Crippen LogP contribution in [0.15, 0.2) is 48.7 Å². The number of nitrogens with zero attached hydrogens (tertiary/aromatic N) is 3. The molecular formula is C25H24F2N4O3. The molecule has 3 heterocycles. The van der Waals surface area contributed by atoms with Crippen LogP contribution in [-0.4, -0.2) is 41.7 Å². The summed E-state index contributed by atoms with van der Waals surface area (Å²) < 4.78 is 39.6. The van der Waals surface area contributed by atoms with E-state index in [9.17, 15) is 13.6 Å². The van der Waals surface area contributed by atoms with Gasteiger partial charge >= 0.3 is 0 Å². The number of nitrogens with one attached hydrogen (secondary N) is 1. The number of anilines is 2. The first-order valence-electron chi connectivity index (χ1n) is 11.3. The molecule has 7 nitrogen and oxygen atoms in total. The number of carbonyl (C=O) groups excluding carboxylic acids is 1. The lowest BCUT2D eigenvalue weighted by Crippen LogP contribution is -2.32. The highest BCUT2D eigenvalue weighted by atomic mass is 19.1. The number of rotatable bonds is 7. The molecule has 1 N–H and O–H groups in total. The molecule has 2 aliphatic heterocycles. The number of para-hydroxylation sites is 1. The summed E-state index contributed by atoms with van der Waals surface area (Å²) in [6.07, 6.45) is 4.02. The maximum atomic E-state index is 14.1. The van der Waals surface area contributed by atoms with Crippen molar-refractivity contribution in [3.63, 3.8) is 0 Å². The van der Waals surface area contributed by atoms with Gasteiger partial charge in [0.25, 0.3) is 5.91 Å². The van der Waals surface area contributed by atoms with E-state index in [1.165, 1.54) is 17.8 Å². The van der Waals surface area contributed by atoms with E-state index in [2.05, 4.69) is 15.3 Å². The largest absolute Gasteiger partial charge is 0.472 e. The maximum Gasteiger partial charge on any atom is 0.258 e. The Hall–Kier alpha value is -3.59. The number of ether oxygens (including phenoxy) is 2. The summed E-state index contributed by atoms with van der Waals surface area (Å²) in [5.74, 6) is -1.58. The average molecular weight is 466 g/mol. The summed E-state index contributed by atoms with van der Waals surface area (Å²) in [4.78, 5) is 23.7. The van der Waals surface area contributed by atoms with Crippen molar-refractivity contribution in [2.75, 3.05) is 24.6 Å². The van der Waals surface area contributed by atoms with Crippen molar-refractivity contribution in [1.29, 1.82) is 0 Å². The summed E-state index contributed by atoms with van der Waals surface area (Å²) in [5.41, 5.74) is 2.00. The van der Waals surface area contributed by atoms with E-state index in [0.29, 0.717) is 25.6 Å². The number of benzene rings is 2. The van der Waals surface area contributed by atoms with Gasteiger partial charge in [-0.05, 0) is 43.0 Å². The third-order valence-corrected chi connectivity index (χ3v) is 6.04. The molecule has 3 aromatic rings. The van der Waals surface area contributed by atoms with Crippen molar-refractivity contribution in [3.8, 4) is 5.88 Å². The Morgan fingerprint density at radius 3 is 2.79 bits per heavy atom. The van der Waals surface area contributed by atoms with E-state index in [0.717, 1.165) is 37.1 Å². The van der Waals surface area contributed by atoms with Crippen molar-refractivity contribution >= 4 is 17.5 Å². The number of hydrogen-bond acceptors (Lipinski definition) is 6. The van der Waals surface area contributed by atoms with E-state index in [4.69, 9.17) is 9.47 Å². The molecule has 176 valence electrons. The Morgan fingerprint density at radius 2 is 2.00 bits per heavy atom. The van der Waals surface area contributed by atoms with Crippen molar-refractivity contribution in [2.45, 2.75) is 32.0 Å². The third-order valence-electron chi connectivity index (χ3n) is 6.04. The first kappa shape index (κ1) is 22.2. The van der Waals surface area contributed by atoms with Gasteiger partial charge in [-0.2, -0.15) is 4.98 Å². The fourth-order valence-corrected chi connectivity index (χ4v) is 4.22. The second-order valence-corrected chi connectivity index (χ2v) is 8.25. The second-order valence-electron chi connectivity index (χ2n) is 8.25. The Morgan fingerprint density at radius 1 is 1.18 bits per heavy atom. The van der Waals surface area contributed by atoms with Gasteiger partial charge in [-0.3, -0.25) is 4.79 Å². The van der Waals surface area contributed by atoms with Gasteiger partial charge in [-0.15, -0.1) is 0 Å². The highest BCUT2D eigenvalue weighted by Gasteiger charge is 2.25. The van der Waals surface area contributed by atoms with Crippen LogP contribution in [0.3, 0.4) is 0 Å². The molecule has 0 aliphatic carbocycles. The van der Waals surface area contributed by atoms with Gasteiger partial charge in [0.15, 0.2) is 0 Å². The quantitative estimate of drug-likeness (QED) is 0.569. The minimum Gasteiger partial charge on any atom is -0.472 e. The van der Waals surface area contributed by atoms with Gasteiger partial charge in [-0.25, -0.2) is 13.8 Å². The lowest BCUT2D eigenvalue weighted by molar-refractivity contribution is 0.0853. The molecular weight excluding hydrogens is 442 g/mol. The SMILES string of the molecule is O=C(NCC1CCCO1)c1cnc(N2CCc3ccccc32)nc1OCc1c(F)cccc1F. The summed E-state index contributed by atoms with van der Waals surface area (Å²) in [5, 5.41) is 2.82. The molecule has 1 atom stereocenters. The van der Waals surface area contributed by atoms with Gasteiger partial charge in [0.2, 0.25) is 11.8 Å². The van der Waals surface area contributed by atoms with Crippen LogP contribution in [0.2, 0.25) is 0 Å². The number of hydrogen-bond donors (Lipinski definition) is 1. The number of amides is 1. The predicted molar refractivity (Wildman–Crippen MR) is 121 cm³/mol. The van der Waals surface area contributed by atoms with E-state index in [1.807, 2.05) is 29.2 Å². The summed E-state index contributed by atoms with van der Waals surface area (Å²) in [7, 11) is 0. The van der Waals surface area contributed by atoms with E-state index in [1.54, 1.807) is 0 Å². The number of aromatic nitrogens is 2. The predicted octanol–water partition coefficient (Wildman–Crippen LogP) is 3.94. The molecule has 2 aliphatic rings. The Labute approximate surface area is 195 Å². The molecule has 34 heavy (non-hydrogen) atoms. The van der Waals surface area contributed by atoms with Crippen molar-refractivity contribution in [2.24, 2.45) is 0 Å². The van der Waals surface area contributed by atoms with Crippen LogP contribution >= 0.6 is 0 Å². The van der Waals surface area contributed by atoms with Crippen molar-refractivity contribution in [3.05, 3.63) is 77.0 Å². The van der Waals surface area contributed by atoms with Crippen molar-refractivity contribution in [1.82, 2.24) is 15.3 Å². The molecule has 0 saturated carbocycles. The lowest BCUT2D eigenvalue weighted by atomic mass is 10.2. The normalized spacial score (nSPS) is 17.0. The molecule has 0 radical (unpaired) electrons.